The maximum atomic E-state index is 2.77. The van der Waals surface area contributed by atoms with Gasteiger partial charge in [-0.05, 0) is 147 Å². The molecule has 20 rings (SSSR count). The predicted molar refractivity (Wildman–Crippen MR) is 441 cm³/mol. The molecule has 0 spiro atoms. The van der Waals surface area contributed by atoms with Crippen LogP contribution in [-0.4, -0.2) is 19.5 Å². The summed E-state index contributed by atoms with van der Waals surface area (Å²) in [6.07, 6.45) is 5.19. The highest BCUT2D eigenvalue weighted by Gasteiger charge is 2.54. The molecule has 488 valence electrons. The van der Waals surface area contributed by atoms with Crippen LogP contribution < -0.4 is 46.9 Å². The van der Waals surface area contributed by atoms with E-state index in [4.69, 9.17) is 0 Å². The molecule has 2 unspecified atom stereocenters. The Morgan fingerprint density at radius 2 is 0.740 bits per heavy atom. The van der Waals surface area contributed by atoms with E-state index < -0.39 is 0 Å². The number of hydrogen-bond donors (Lipinski definition) is 0. The Balaban J connectivity index is 0.838. The third-order valence-corrected chi connectivity index (χ3v) is 23.9. The first kappa shape index (κ1) is 61.7. The van der Waals surface area contributed by atoms with Gasteiger partial charge in [0.2, 0.25) is 13.4 Å². The highest BCUT2D eigenvalue weighted by Crippen LogP contribution is 2.55. The highest BCUT2D eigenvalue weighted by molar-refractivity contribution is 8.01. The van der Waals surface area contributed by atoms with Crippen LogP contribution >= 0.6 is 23.5 Å². The lowest BCUT2D eigenvalue weighted by molar-refractivity contribution is 0.713. The number of rotatable bonds is 13. The number of nitrogens with zero attached hydrogens (tertiary/aromatic N) is 4. The molecule has 4 aliphatic heterocycles. The second-order valence-corrected chi connectivity index (χ2v) is 29.5. The summed E-state index contributed by atoms with van der Waals surface area (Å²) in [6, 6.07) is 140. The van der Waals surface area contributed by atoms with Crippen molar-refractivity contribution in [1.29, 1.82) is 0 Å². The van der Waals surface area contributed by atoms with Crippen LogP contribution in [-0.2, 0) is 0 Å². The van der Waals surface area contributed by atoms with Crippen LogP contribution in [0.15, 0.2) is 419 Å². The van der Waals surface area contributed by atoms with Crippen LogP contribution in [0.5, 0.6) is 0 Å². The SMILES string of the molecule is C1=C2C3B(c4ccccc4N2c2ccccc2)c2cc4c(cc2N(c2ccccc2-c2ccccc2)C3C=C1N(c1ccc(-c2ccccc2)cc1)c1ccccc1-c1ccccc1)Sc1cc(N(c2ccc(-c3ccccc3)cc2)c2ccccc2-c2ccccc2)cc2c1B4c1ccccc1S2. The predicted octanol–water partition coefficient (Wildman–Crippen LogP) is 22.2. The molecule has 104 heavy (non-hydrogen) atoms. The normalized spacial score (nSPS) is 14.9. The summed E-state index contributed by atoms with van der Waals surface area (Å²) in [5.74, 6) is -0.0720. The van der Waals surface area contributed by atoms with E-state index in [2.05, 4.69) is 408 Å². The molecule has 1 aliphatic carbocycles. The Labute approximate surface area is 617 Å². The van der Waals surface area contributed by atoms with Gasteiger partial charge in [-0.25, -0.2) is 0 Å². The number of fused-ring (bicyclic) bond motifs is 8. The molecule has 0 aromatic heterocycles. The summed E-state index contributed by atoms with van der Waals surface area (Å²) in [7, 11) is 0. The second kappa shape index (κ2) is 26.0. The zero-order valence-electron chi connectivity index (χ0n) is 56.9. The first-order valence-electron chi connectivity index (χ1n) is 35.9. The number of benzene rings is 15. The Bertz CT molecular complexity index is 5840. The zero-order chi connectivity index (χ0) is 68.6. The summed E-state index contributed by atoms with van der Waals surface area (Å²) in [5.41, 5.74) is 31.0. The molecule has 0 fully saturated rings. The van der Waals surface area contributed by atoms with Crippen molar-refractivity contribution in [2.75, 3.05) is 19.6 Å². The Hall–Kier alpha value is -12.2. The maximum Gasteiger partial charge on any atom is 0.247 e. The van der Waals surface area contributed by atoms with Crippen LogP contribution in [0.25, 0.3) is 55.6 Å². The molecule has 5 aliphatic rings. The van der Waals surface area contributed by atoms with Crippen LogP contribution in [0.3, 0.4) is 0 Å². The molecular formula is C96H66B2N4S2. The van der Waals surface area contributed by atoms with Crippen LogP contribution in [0.2, 0.25) is 5.82 Å². The fraction of sp³-hybridized carbons (Fsp3) is 0.0208. The van der Waals surface area contributed by atoms with E-state index in [1.807, 2.05) is 23.5 Å². The standard InChI is InChI=1S/C96H66B2N4S2/c1-7-29-65(30-8-1)67-51-55-73(56-52-67)99(84-46-24-19-41-77(84)69-33-11-3-12-34-69)75-59-89-95-90(60-75)102(86-48-26-21-43-79(86)71-37-15-5-16-38-71)88-64-92-83(63-82(88)97(95)80-44-22-27-49-87(80)101(89)72-39-17-6-18-40-72)98-81-45-23-28-50-91(81)103-93-61-76(62-94(104-92)96(93)98)100(74-57-53-68(54-58-74)66-31-9-2-10-32-66)85-47-25-20-42-78(85)70-35-13-4-14-36-70/h1-64,90,95H. The monoisotopic (exact) mass is 1360 g/mol. The molecule has 0 amide bonds. The van der Waals surface area contributed by atoms with Crippen molar-refractivity contribution in [3.63, 3.8) is 0 Å². The Kier molecular flexibility index (Phi) is 15.4. The van der Waals surface area contributed by atoms with Crippen LogP contribution in [0, 0.1) is 0 Å². The molecule has 0 bridgehead atoms. The quantitative estimate of drug-likeness (QED) is 0.106. The van der Waals surface area contributed by atoms with Gasteiger partial charge in [-0.3, -0.25) is 0 Å². The van der Waals surface area contributed by atoms with Gasteiger partial charge < -0.3 is 19.6 Å². The number of anilines is 9. The smallest absolute Gasteiger partial charge is 0.247 e. The van der Waals surface area contributed by atoms with Gasteiger partial charge in [0.15, 0.2) is 0 Å². The molecule has 4 heterocycles. The van der Waals surface area contributed by atoms with E-state index in [0.717, 1.165) is 56.6 Å². The summed E-state index contributed by atoms with van der Waals surface area (Å²) in [6.45, 7) is -0.0890. The van der Waals surface area contributed by atoms with Crippen molar-refractivity contribution in [2.24, 2.45) is 0 Å². The van der Waals surface area contributed by atoms with Crippen molar-refractivity contribution in [2.45, 2.75) is 31.4 Å². The van der Waals surface area contributed by atoms with Crippen LogP contribution in [0.1, 0.15) is 0 Å². The maximum absolute atomic E-state index is 2.77. The molecule has 0 saturated heterocycles. The lowest BCUT2D eigenvalue weighted by atomic mass is 9.27. The van der Waals surface area contributed by atoms with E-state index in [-0.39, 0.29) is 25.3 Å². The highest BCUT2D eigenvalue weighted by atomic mass is 32.2. The molecule has 8 heteroatoms. The first-order chi connectivity index (χ1) is 51.6. The third-order valence-electron chi connectivity index (χ3n) is 21.6. The molecule has 4 nitrogen and oxygen atoms in total. The van der Waals surface area contributed by atoms with E-state index >= 15 is 0 Å². The topological polar surface area (TPSA) is 13.0 Å². The minimum atomic E-state index is -0.225. The van der Waals surface area contributed by atoms with Crippen molar-refractivity contribution >= 4 is 115 Å². The van der Waals surface area contributed by atoms with Crippen LogP contribution in [0.4, 0.5) is 51.2 Å². The van der Waals surface area contributed by atoms with Crippen molar-refractivity contribution in [3.8, 4) is 55.6 Å². The lowest BCUT2D eigenvalue weighted by Crippen LogP contribution is -2.65. The molecule has 0 saturated carbocycles. The third kappa shape index (κ3) is 10.6. The summed E-state index contributed by atoms with van der Waals surface area (Å²) in [5, 5.41) is 0. The molecule has 15 aromatic rings. The summed E-state index contributed by atoms with van der Waals surface area (Å²) in [4.78, 5) is 15.5. The van der Waals surface area contributed by atoms with Crippen molar-refractivity contribution < 1.29 is 0 Å². The lowest BCUT2D eigenvalue weighted by Gasteiger charge is -2.54. The van der Waals surface area contributed by atoms with Crippen molar-refractivity contribution in [1.82, 2.24) is 0 Å². The minimum absolute atomic E-state index is 0.0370. The van der Waals surface area contributed by atoms with Gasteiger partial charge in [-0.2, -0.15) is 0 Å². The average molecular weight is 1360 g/mol. The summed E-state index contributed by atoms with van der Waals surface area (Å²) >= 11 is 3.86. The van der Waals surface area contributed by atoms with Gasteiger partial charge in [0.25, 0.3) is 0 Å². The molecule has 0 N–H and O–H groups in total. The Morgan fingerprint density at radius 3 is 1.33 bits per heavy atom. The second-order valence-electron chi connectivity index (χ2n) is 27.4. The van der Waals surface area contributed by atoms with Gasteiger partial charge in [-0.1, -0.05) is 331 Å². The van der Waals surface area contributed by atoms with Gasteiger partial charge in [0, 0.05) is 93.3 Å². The van der Waals surface area contributed by atoms with E-state index in [9.17, 15) is 0 Å². The van der Waals surface area contributed by atoms with Crippen molar-refractivity contribution in [3.05, 3.63) is 400 Å². The number of hydrogen-bond acceptors (Lipinski definition) is 6. The van der Waals surface area contributed by atoms with E-state index in [1.54, 1.807) is 0 Å². The van der Waals surface area contributed by atoms with Gasteiger partial charge >= 0.3 is 0 Å². The van der Waals surface area contributed by atoms with Gasteiger partial charge in [0.1, 0.15) is 0 Å². The van der Waals surface area contributed by atoms with E-state index in [0.29, 0.717) is 0 Å². The molecule has 15 aromatic carbocycles. The number of allylic oxidation sites excluding steroid dienone is 1. The molecule has 0 radical (unpaired) electrons. The largest absolute Gasteiger partial charge is 0.334 e. The number of para-hydroxylation sites is 5. The molecular weight excluding hydrogens is 1290 g/mol. The zero-order valence-corrected chi connectivity index (χ0v) is 58.5. The molecule has 2 atom stereocenters. The average Bonchev–Trinajstić information content (AvgIpc) is 0.687. The van der Waals surface area contributed by atoms with Gasteiger partial charge in [-0.15, -0.1) is 0 Å². The fourth-order valence-electron chi connectivity index (χ4n) is 17.1. The fourth-order valence-corrected chi connectivity index (χ4v) is 19.6. The van der Waals surface area contributed by atoms with E-state index in [1.165, 1.54) is 108 Å². The Morgan fingerprint density at radius 1 is 0.298 bits per heavy atom. The first-order valence-corrected chi connectivity index (χ1v) is 37.6. The minimum Gasteiger partial charge on any atom is -0.334 e. The van der Waals surface area contributed by atoms with Gasteiger partial charge in [0.05, 0.1) is 17.4 Å². The summed E-state index contributed by atoms with van der Waals surface area (Å²) < 4.78 is 0.